The van der Waals surface area contributed by atoms with Crippen LogP contribution in [0.25, 0.3) is 0 Å². The maximum Gasteiger partial charge on any atom is 0.0767 e. The molecule has 0 aliphatic carbocycles. The lowest BCUT2D eigenvalue weighted by Crippen LogP contribution is -2.33. The van der Waals surface area contributed by atoms with Crippen molar-refractivity contribution >= 4 is 22.7 Å². The van der Waals surface area contributed by atoms with Gasteiger partial charge in [0.1, 0.15) is 0 Å². The molecule has 0 unspecified atom stereocenters. The summed E-state index contributed by atoms with van der Waals surface area (Å²) in [5.74, 6) is 0. The average molecular weight is 253 g/mol. The lowest BCUT2D eigenvalue weighted by atomic mass is 10.2. The molecule has 86 valence electrons. The summed E-state index contributed by atoms with van der Waals surface area (Å²) >= 11 is 3.49. The van der Waals surface area contributed by atoms with Gasteiger partial charge in [-0.05, 0) is 29.8 Å². The molecule has 0 fully saturated rings. The Hall–Kier alpha value is -0.680. The summed E-state index contributed by atoms with van der Waals surface area (Å²) in [6, 6.07) is 8.70. The summed E-state index contributed by atoms with van der Waals surface area (Å²) in [6.07, 6.45) is 0. The first kappa shape index (κ1) is 11.8. The lowest BCUT2D eigenvalue weighted by molar-refractivity contribution is 0.246. The van der Waals surface area contributed by atoms with E-state index in [0.29, 0.717) is 0 Å². The van der Waals surface area contributed by atoms with Gasteiger partial charge in [-0.2, -0.15) is 0 Å². The van der Waals surface area contributed by atoms with Gasteiger partial charge in [0.05, 0.1) is 12.6 Å². The van der Waals surface area contributed by atoms with Crippen molar-refractivity contribution in [2.24, 2.45) is 0 Å². The van der Waals surface area contributed by atoms with Crippen molar-refractivity contribution in [3.05, 3.63) is 44.8 Å². The second-order valence-electron chi connectivity index (χ2n) is 3.71. The molecule has 2 aromatic heterocycles. The van der Waals surface area contributed by atoms with Crippen molar-refractivity contribution in [3.8, 4) is 0 Å². The zero-order valence-electron chi connectivity index (χ0n) is 9.09. The van der Waals surface area contributed by atoms with E-state index in [4.69, 9.17) is 5.11 Å². The minimum Gasteiger partial charge on any atom is -0.395 e. The van der Waals surface area contributed by atoms with E-state index in [1.165, 1.54) is 9.75 Å². The fourth-order valence-corrected chi connectivity index (χ4v) is 3.23. The molecule has 2 N–H and O–H groups in total. The summed E-state index contributed by atoms with van der Waals surface area (Å²) in [5, 5.41) is 16.7. The largest absolute Gasteiger partial charge is 0.395 e. The average Bonchev–Trinajstić information content (AvgIpc) is 2.97. The molecule has 16 heavy (non-hydrogen) atoms. The van der Waals surface area contributed by atoms with Crippen LogP contribution < -0.4 is 5.32 Å². The Morgan fingerprint density at radius 2 is 1.75 bits per heavy atom. The first-order valence-electron chi connectivity index (χ1n) is 5.25. The highest BCUT2D eigenvalue weighted by Gasteiger charge is 2.17. The highest BCUT2D eigenvalue weighted by molar-refractivity contribution is 7.11. The molecule has 1 atom stereocenters. The Morgan fingerprint density at radius 3 is 2.12 bits per heavy atom. The van der Waals surface area contributed by atoms with Gasteiger partial charge in [0.2, 0.25) is 0 Å². The third kappa shape index (κ3) is 2.71. The molecule has 2 aromatic rings. The molecule has 0 radical (unpaired) electrons. The third-order valence-electron chi connectivity index (χ3n) is 2.38. The second-order valence-corrected chi connectivity index (χ2v) is 5.67. The van der Waals surface area contributed by atoms with E-state index in [2.05, 4.69) is 40.3 Å². The molecule has 0 spiro atoms. The summed E-state index contributed by atoms with van der Waals surface area (Å²) in [6.45, 7) is 2.15. The number of nitrogens with one attached hydrogen (secondary N) is 1. The number of aliphatic hydroxyl groups excluding tert-OH is 1. The van der Waals surface area contributed by atoms with Crippen LogP contribution in [-0.4, -0.2) is 17.8 Å². The number of rotatable bonds is 5. The fraction of sp³-hybridized carbons (Fsp3) is 0.333. The molecule has 0 aliphatic rings. The summed E-state index contributed by atoms with van der Waals surface area (Å²) in [7, 11) is 0. The van der Waals surface area contributed by atoms with Crippen LogP contribution in [0.2, 0.25) is 0 Å². The molecule has 0 amide bonds. The minimum atomic E-state index is 0.106. The summed E-state index contributed by atoms with van der Waals surface area (Å²) in [5.41, 5.74) is 0. The van der Waals surface area contributed by atoms with Crippen molar-refractivity contribution < 1.29 is 5.11 Å². The van der Waals surface area contributed by atoms with E-state index in [1.807, 2.05) is 6.92 Å². The van der Waals surface area contributed by atoms with Gasteiger partial charge < -0.3 is 10.4 Å². The van der Waals surface area contributed by atoms with Gasteiger partial charge in [0.25, 0.3) is 0 Å². The van der Waals surface area contributed by atoms with Crippen LogP contribution in [0.4, 0.5) is 0 Å². The van der Waals surface area contributed by atoms with Crippen LogP contribution in [0.15, 0.2) is 35.0 Å². The highest BCUT2D eigenvalue weighted by Crippen LogP contribution is 2.29. The van der Waals surface area contributed by atoms with Crippen molar-refractivity contribution in [2.45, 2.75) is 19.0 Å². The molecular weight excluding hydrogens is 238 g/mol. The molecule has 0 saturated carbocycles. The third-order valence-corrected chi connectivity index (χ3v) is 4.25. The van der Waals surface area contributed by atoms with E-state index in [9.17, 15) is 0 Å². The first-order valence-corrected chi connectivity index (χ1v) is 7.01. The molecule has 2 heterocycles. The van der Waals surface area contributed by atoms with Crippen molar-refractivity contribution in [1.29, 1.82) is 0 Å². The topological polar surface area (TPSA) is 32.3 Å². The molecule has 4 heteroatoms. The van der Waals surface area contributed by atoms with Gasteiger partial charge in [-0.15, -0.1) is 22.7 Å². The number of hydrogen-bond acceptors (Lipinski definition) is 4. The molecular formula is C12H15NOS2. The molecule has 0 aliphatic heterocycles. The SMILES string of the molecule is C[C@H](CO)NC(c1cccs1)c1cccs1. The molecule has 0 aromatic carbocycles. The van der Waals surface area contributed by atoms with Gasteiger partial charge in [-0.25, -0.2) is 0 Å². The molecule has 2 nitrogen and oxygen atoms in total. The number of thiophene rings is 2. The normalized spacial score (nSPS) is 13.2. The quantitative estimate of drug-likeness (QED) is 0.859. The standard InChI is InChI=1S/C12H15NOS2/c1-9(8-14)13-12(10-4-2-6-15-10)11-5-3-7-16-11/h2-7,9,12-14H,8H2,1H3/t9-/m1/s1. The molecule has 0 bridgehead atoms. The molecule has 0 saturated heterocycles. The zero-order valence-corrected chi connectivity index (χ0v) is 10.7. The van der Waals surface area contributed by atoms with Crippen molar-refractivity contribution in [1.82, 2.24) is 5.32 Å². The lowest BCUT2D eigenvalue weighted by Gasteiger charge is -2.20. The van der Waals surface area contributed by atoms with Crippen molar-refractivity contribution in [3.63, 3.8) is 0 Å². The minimum absolute atomic E-state index is 0.106. The van der Waals surface area contributed by atoms with Crippen LogP contribution in [-0.2, 0) is 0 Å². The Kier molecular flexibility index (Phi) is 4.12. The van der Waals surface area contributed by atoms with E-state index in [1.54, 1.807) is 22.7 Å². The van der Waals surface area contributed by atoms with Crippen LogP contribution in [0.1, 0.15) is 22.7 Å². The van der Waals surface area contributed by atoms with Gasteiger partial charge in [-0.1, -0.05) is 12.1 Å². The summed E-state index contributed by atoms with van der Waals surface area (Å²) < 4.78 is 0. The van der Waals surface area contributed by atoms with Gasteiger partial charge in [-0.3, -0.25) is 0 Å². The van der Waals surface area contributed by atoms with Crippen molar-refractivity contribution in [2.75, 3.05) is 6.61 Å². The number of hydrogen-bond donors (Lipinski definition) is 2. The van der Waals surface area contributed by atoms with Gasteiger partial charge >= 0.3 is 0 Å². The molecule has 2 rings (SSSR count). The monoisotopic (exact) mass is 253 g/mol. The second kappa shape index (κ2) is 5.59. The van der Waals surface area contributed by atoms with Gasteiger partial charge in [0.15, 0.2) is 0 Å². The Morgan fingerprint density at radius 1 is 1.19 bits per heavy atom. The fourth-order valence-electron chi connectivity index (χ4n) is 1.55. The Labute approximate surface area is 104 Å². The maximum atomic E-state index is 9.12. The van der Waals surface area contributed by atoms with E-state index in [0.717, 1.165) is 0 Å². The predicted octanol–water partition coefficient (Wildman–Crippen LogP) is 2.87. The van der Waals surface area contributed by atoms with Crippen LogP contribution >= 0.6 is 22.7 Å². The van der Waals surface area contributed by atoms with Crippen LogP contribution in [0.3, 0.4) is 0 Å². The Balaban J connectivity index is 2.20. The van der Waals surface area contributed by atoms with Gasteiger partial charge in [0, 0.05) is 15.8 Å². The van der Waals surface area contributed by atoms with E-state index >= 15 is 0 Å². The number of aliphatic hydroxyl groups is 1. The smallest absolute Gasteiger partial charge is 0.0767 e. The van der Waals surface area contributed by atoms with E-state index in [-0.39, 0.29) is 18.7 Å². The van der Waals surface area contributed by atoms with Crippen LogP contribution in [0, 0.1) is 0 Å². The van der Waals surface area contributed by atoms with Crippen LogP contribution in [0.5, 0.6) is 0 Å². The first-order chi connectivity index (χ1) is 7.81. The predicted molar refractivity (Wildman–Crippen MR) is 70.2 cm³/mol. The zero-order chi connectivity index (χ0) is 11.4. The highest BCUT2D eigenvalue weighted by atomic mass is 32.1. The Bertz CT molecular complexity index is 362. The van der Waals surface area contributed by atoms with E-state index < -0.39 is 0 Å². The maximum absolute atomic E-state index is 9.12. The summed E-state index contributed by atoms with van der Waals surface area (Å²) in [4.78, 5) is 2.59.